The molecule has 0 N–H and O–H groups in total. The minimum Gasteiger partial charge on any atom is -0.467 e. The number of thiophene rings is 1. The van der Waals surface area contributed by atoms with Crippen molar-refractivity contribution in [2.24, 2.45) is 0 Å². The number of nitrogens with zero attached hydrogens (tertiary/aromatic N) is 3. The van der Waals surface area contributed by atoms with Gasteiger partial charge in [-0.2, -0.15) is 0 Å². The van der Waals surface area contributed by atoms with Gasteiger partial charge in [0.1, 0.15) is 6.61 Å². The van der Waals surface area contributed by atoms with E-state index >= 15 is 0 Å². The maximum Gasteiger partial charge on any atom is 0.410 e. The normalized spacial score (nSPS) is 19.9. The summed E-state index contributed by atoms with van der Waals surface area (Å²) in [6, 6.07) is 8.57. The molecule has 0 bridgehead atoms. The number of aromatic nitrogens is 1. The average molecular weight is 415 g/mol. The van der Waals surface area contributed by atoms with Crippen LogP contribution in [-0.4, -0.2) is 71.6 Å². The van der Waals surface area contributed by atoms with Crippen LogP contribution in [0, 0.1) is 0 Å². The first-order valence-corrected chi connectivity index (χ1v) is 10.2. The number of methoxy groups -OCH3 is 1. The smallest absolute Gasteiger partial charge is 0.410 e. The Morgan fingerprint density at radius 2 is 2.00 bits per heavy atom. The second-order valence-corrected chi connectivity index (χ2v) is 8.01. The van der Waals surface area contributed by atoms with Gasteiger partial charge in [-0.3, -0.25) is 14.7 Å². The highest BCUT2D eigenvalue weighted by molar-refractivity contribution is 7.17. The van der Waals surface area contributed by atoms with E-state index in [1.807, 2.05) is 30.3 Å². The Morgan fingerprint density at radius 1 is 1.21 bits per heavy atom. The first-order valence-electron chi connectivity index (χ1n) is 9.42. The van der Waals surface area contributed by atoms with Crippen LogP contribution in [-0.2, 0) is 14.3 Å². The minimum atomic E-state index is -0.710. The summed E-state index contributed by atoms with van der Waals surface area (Å²) >= 11 is 1.42. The molecule has 0 radical (unpaired) electrons. The molecule has 0 unspecified atom stereocenters. The summed E-state index contributed by atoms with van der Waals surface area (Å²) < 4.78 is 9.82. The van der Waals surface area contributed by atoms with Crippen molar-refractivity contribution in [2.45, 2.75) is 24.9 Å². The highest BCUT2D eigenvalue weighted by Gasteiger charge is 2.44. The number of esters is 1. The largest absolute Gasteiger partial charge is 0.467 e. The fourth-order valence-electron chi connectivity index (χ4n) is 3.76. The molecule has 2 aliphatic heterocycles. The number of hydrogen-bond donors (Lipinski definition) is 0. The van der Waals surface area contributed by atoms with Crippen molar-refractivity contribution in [3.63, 3.8) is 0 Å². The Labute approximate surface area is 172 Å². The van der Waals surface area contributed by atoms with Crippen LogP contribution < -0.4 is 0 Å². The van der Waals surface area contributed by atoms with Crippen LogP contribution in [0.15, 0.2) is 36.5 Å². The van der Waals surface area contributed by atoms with Crippen LogP contribution in [0.4, 0.5) is 4.79 Å². The summed E-state index contributed by atoms with van der Waals surface area (Å²) in [5, 5.41) is 0. The summed E-state index contributed by atoms with van der Waals surface area (Å²) in [4.78, 5) is 46.1. The molecule has 29 heavy (non-hydrogen) atoms. The lowest BCUT2D eigenvalue weighted by molar-refractivity contribution is -0.145. The average Bonchev–Trinajstić information content (AvgIpc) is 3.41. The summed E-state index contributed by atoms with van der Waals surface area (Å²) in [6.45, 7) is 1.03. The zero-order valence-electron chi connectivity index (χ0n) is 15.9. The van der Waals surface area contributed by atoms with Crippen molar-refractivity contribution >= 4 is 29.3 Å². The van der Waals surface area contributed by atoms with E-state index in [4.69, 9.17) is 9.47 Å². The standard InChI is InChI=1S/C20H21N3O5S/c1-27-19(25)15-12-28-20(26)23(15)13-7-10-22(11-8-13)18(24)17-6-5-16(29-17)14-4-2-3-9-21-14/h2-6,9,13,15H,7-8,10-12H2,1H3/t15-/m0/s1. The van der Waals surface area contributed by atoms with Gasteiger partial charge in [0.25, 0.3) is 5.91 Å². The summed E-state index contributed by atoms with van der Waals surface area (Å²) in [5.41, 5.74) is 0.844. The van der Waals surface area contributed by atoms with E-state index in [1.165, 1.54) is 23.3 Å². The first kappa shape index (κ1) is 19.4. The van der Waals surface area contributed by atoms with Crippen molar-refractivity contribution < 1.29 is 23.9 Å². The molecule has 1 atom stereocenters. The maximum atomic E-state index is 12.9. The molecule has 152 valence electrons. The molecule has 4 rings (SSSR count). The quantitative estimate of drug-likeness (QED) is 0.713. The van der Waals surface area contributed by atoms with Gasteiger partial charge in [-0.1, -0.05) is 6.07 Å². The Morgan fingerprint density at radius 3 is 2.69 bits per heavy atom. The van der Waals surface area contributed by atoms with Crippen molar-refractivity contribution in [2.75, 3.05) is 26.8 Å². The van der Waals surface area contributed by atoms with E-state index in [9.17, 15) is 14.4 Å². The molecule has 0 aromatic carbocycles. The number of cyclic esters (lactones) is 1. The molecule has 2 fully saturated rings. The molecule has 2 saturated heterocycles. The highest BCUT2D eigenvalue weighted by atomic mass is 32.1. The van der Waals surface area contributed by atoms with Gasteiger partial charge in [-0.05, 0) is 37.1 Å². The Bertz CT molecular complexity index is 908. The predicted octanol–water partition coefficient (Wildman–Crippen LogP) is 2.41. The fraction of sp³-hybridized carbons (Fsp3) is 0.400. The fourth-order valence-corrected chi connectivity index (χ4v) is 4.71. The van der Waals surface area contributed by atoms with Crippen LogP contribution in [0.25, 0.3) is 10.6 Å². The zero-order chi connectivity index (χ0) is 20.4. The third-order valence-electron chi connectivity index (χ3n) is 5.26. The number of carbonyl (C=O) groups excluding carboxylic acids is 3. The Balaban J connectivity index is 1.39. The third-order valence-corrected chi connectivity index (χ3v) is 6.36. The van der Waals surface area contributed by atoms with Crippen molar-refractivity contribution in [1.82, 2.24) is 14.8 Å². The maximum absolute atomic E-state index is 12.9. The SMILES string of the molecule is COC(=O)[C@@H]1COC(=O)N1C1CCN(C(=O)c2ccc(-c3ccccn3)s2)CC1. The molecule has 9 heteroatoms. The van der Waals surface area contributed by atoms with Crippen LogP contribution in [0.3, 0.4) is 0 Å². The molecule has 0 saturated carbocycles. The van der Waals surface area contributed by atoms with Gasteiger partial charge < -0.3 is 14.4 Å². The van der Waals surface area contributed by atoms with Crippen LogP contribution in [0.5, 0.6) is 0 Å². The Hall–Kier alpha value is -2.94. The number of piperidine rings is 1. The highest BCUT2D eigenvalue weighted by Crippen LogP contribution is 2.29. The number of rotatable bonds is 4. The number of amides is 2. The van der Waals surface area contributed by atoms with Crippen molar-refractivity contribution in [1.29, 1.82) is 0 Å². The van der Waals surface area contributed by atoms with Crippen LogP contribution in [0.2, 0.25) is 0 Å². The van der Waals surface area contributed by atoms with Gasteiger partial charge in [-0.25, -0.2) is 9.59 Å². The molecule has 2 amide bonds. The summed E-state index contributed by atoms with van der Waals surface area (Å²) in [7, 11) is 1.30. The molecule has 0 spiro atoms. The van der Waals surface area contributed by atoms with Gasteiger partial charge in [-0.15, -0.1) is 11.3 Å². The predicted molar refractivity (Wildman–Crippen MR) is 105 cm³/mol. The second kappa shape index (κ2) is 8.20. The van der Waals surface area contributed by atoms with Crippen molar-refractivity contribution in [3.05, 3.63) is 41.4 Å². The van der Waals surface area contributed by atoms with E-state index in [0.717, 1.165) is 10.6 Å². The van der Waals surface area contributed by atoms with Gasteiger partial charge in [0, 0.05) is 25.3 Å². The molecule has 0 aliphatic carbocycles. The lowest BCUT2D eigenvalue weighted by Gasteiger charge is -2.37. The number of carbonyl (C=O) groups is 3. The first-order chi connectivity index (χ1) is 14.1. The molecular weight excluding hydrogens is 394 g/mol. The molecule has 4 heterocycles. The molecule has 8 nitrogen and oxygen atoms in total. The van der Waals surface area contributed by atoms with E-state index < -0.39 is 18.1 Å². The van der Waals surface area contributed by atoms with Crippen molar-refractivity contribution in [3.8, 4) is 10.6 Å². The van der Waals surface area contributed by atoms with E-state index in [0.29, 0.717) is 30.8 Å². The molecular formula is C20H21N3O5S. The number of pyridine rings is 1. The Kier molecular flexibility index (Phi) is 5.48. The van der Waals surface area contributed by atoms with Gasteiger partial charge in [0.15, 0.2) is 6.04 Å². The lowest BCUT2D eigenvalue weighted by atomic mass is 10.0. The third kappa shape index (κ3) is 3.82. The number of likely N-dealkylation sites (tertiary alicyclic amines) is 1. The topological polar surface area (TPSA) is 89.0 Å². The number of ether oxygens (including phenoxy) is 2. The van der Waals surface area contributed by atoms with Gasteiger partial charge >= 0.3 is 12.1 Å². The molecule has 2 aromatic rings. The monoisotopic (exact) mass is 415 g/mol. The number of hydrogen-bond acceptors (Lipinski definition) is 7. The summed E-state index contributed by atoms with van der Waals surface area (Å²) in [5.74, 6) is -0.501. The lowest BCUT2D eigenvalue weighted by Crippen LogP contribution is -2.51. The molecule has 2 aromatic heterocycles. The van der Waals surface area contributed by atoms with E-state index in [1.54, 1.807) is 11.1 Å². The zero-order valence-corrected chi connectivity index (χ0v) is 16.8. The van der Waals surface area contributed by atoms with E-state index in [2.05, 4.69) is 4.98 Å². The van der Waals surface area contributed by atoms with E-state index in [-0.39, 0.29) is 18.6 Å². The van der Waals surface area contributed by atoms with Gasteiger partial charge in [0.2, 0.25) is 0 Å². The minimum absolute atomic E-state index is 0.0101. The van der Waals surface area contributed by atoms with Crippen LogP contribution in [0.1, 0.15) is 22.5 Å². The molecule has 2 aliphatic rings. The second-order valence-electron chi connectivity index (χ2n) is 6.93. The summed E-state index contributed by atoms with van der Waals surface area (Å²) in [6.07, 6.45) is 2.41. The van der Waals surface area contributed by atoms with Gasteiger partial charge in [0.05, 0.1) is 22.6 Å². The van der Waals surface area contributed by atoms with Crippen LogP contribution >= 0.6 is 11.3 Å².